The Bertz CT molecular complexity index is 109. The van der Waals surface area contributed by atoms with Crippen LogP contribution in [0.15, 0.2) is 0 Å². The highest BCUT2D eigenvalue weighted by molar-refractivity contribution is 4.58. The van der Waals surface area contributed by atoms with Crippen LogP contribution in [0, 0.1) is 0 Å². The third-order valence-corrected chi connectivity index (χ3v) is 1.95. The second-order valence-corrected chi connectivity index (χ2v) is 3.41. The SMILES string of the molecule is CCCNCC(O)COC(C)CC. The number of hydrogen-bond donors (Lipinski definition) is 2. The Labute approximate surface area is 81.5 Å². The third-order valence-electron chi connectivity index (χ3n) is 1.95. The maximum atomic E-state index is 9.43. The molecule has 0 amide bonds. The van der Waals surface area contributed by atoms with Gasteiger partial charge >= 0.3 is 0 Å². The van der Waals surface area contributed by atoms with E-state index in [1.807, 2.05) is 6.92 Å². The first-order valence-corrected chi connectivity index (χ1v) is 5.21. The lowest BCUT2D eigenvalue weighted by Crippen LogP contribution is -2.31. The van der Waals surface area contributed by atoms with Crippen LogP contribution in [0.25, 0.3) is 0 Å². The minimum atomic E-state index is -0.374. The van der Waals surface area contributed by atoms with Crippen LogP contribution in [0.4, 0.5) is 0 Å². The maximum Gasteiger partial charge on any atom is 0.0897 e. The largest absolute Gasteiger partial charge is 0.389 e. The molecule has 0 aromatic carbocycles. The molecule has 0 bridgehead atoms. The smallest absolute Gasteiger partial charge is 0.0897 e. The van der Waals surface area contributed by atoms with Crippen molar-refractivity contribution in [2.45, 2.75) is 45.8 Å². The molecule has 0 aliphatic heterocycles. The molecule has 2 N–H and O–H groups in total. The summed E-state index contributed by atoms with van der Waals surface area (Å²) in [4.78, 5) is 0. The van der Waals surface area contributed by atoms with Crippen LogP contribution < -0.4 is 5.32 Å². The lowest BCUT2D eigenvalue weighted by molar-refractivity contribution is -0.00211. The average Bonchev–Trinajstić information content (AvgIpc) is 2.14. The summed E-state index contributed by atoms with van der Waals surface area (Å²) in [5.74, 6) is 0. The highest BCUT2D eigenvalue weighted by Gasteiger charge is 2.05. The van der Waals surface area contributed by atoms with Crippen LogP contribution in [0.5, 0.6) is 0 Å². The van der Waals surface area contributed by atoms with Crippen molar-refractivity contribution >= 4 is 0 Å². The summed E-state index contributed by atoms with van der Waals surface area (Å²) in [6.45, 7) is 8.23. The Morgan fingerprint density at radius 3 is 2.62 bits per heavy atom. The summed E-state index contributed by atoms with van der Waals surface area (Å²) in [5.41, 5.74) is 0. The van der Waals surface area contributed by atoms with E-state index in [0.717, 1.165) is 19.4 Å². The molecule has 0 saturated heterocycles. The standard InChI is InChI=1S/C10H23NO2/c1-4-6-11-7-10(12)8-13-9(3)5-2/h9-12H,4-8H2,1-3H3. The molecule has 0 fully saturated rings. The number of aliphatic hydroxyl groups is 1. The summed E-state index contributed by atoms with van der Waals surface area (Å²) in [5, 5.41) is 12.6. The van der Waals surface area contributed by atoms with Gasteiger partial charge in [0.2, 0.25) is 0 Å². The van der Waals surface area contributed by atoms with Gasteiger partial charge in [-0.15, -0.1) is 0 Å². The zero-order valence-corrected chi connectivity index (χ0v) is 9.05. The molecule has 3 heteroatoms. The van der Waals surface area contributed by atoms with Crippen molar-refractivity contribution in [3.63, 3.8) is 0 Å². The van der Waals surface area contributed by atoms with Gasteiger partial charge in [0.1, 0.15) is 0 Å². The highest BCUT2D eigenvalue weighted by atomic mass is 16.5. The molecule has 0 radical (unpaired) electrons. The minimum absolute atomic E-state index is 0.251. The Hall–Kier alpha value is -0.120. The van der Waals surface area contributed by atoms with Gasteiger partial charge in [0.15, 0.2) is 0 Å². The molecule has 0 aromatic rings. The first-order valence-electron chi connectivity index (χ1n) is 5.21. The molecule has 2 atom stereocenters. The maximum absolute atomic E-state index is 9.43. The van der Waals surface area contributed by atoms with Gasteiger partial charge in [0, 0.05) is 6.54 Å². The lowest BCUT2D eigenvalue weighted by atomic mass is 10.3. The second-order valence-electron chi connectivity index (χ2n) is 3.41. The molecule has 13 heavy (non-hydrogen) atoms. The van der Waals surface area contributed by atoms with Crippen LogP contribution >= 0.6 is 0 Å². The average molecular weight is 189 g/mol. The Balaban J connectivity index is 3.24. The quantitative estimate of drug-likeness (QED) is 0.563. The molecular formula is C10H23NO2. The van der Waals surface area contributed by atoms with Crippen molar-refractivity contribution in [2.24, 2.45) is 0 Å². The van der Waals surface area contributed by atoms with Gasteiger partial charge in [0.25, 0.3) is 0 Å². The summed E-state index contributed by atoms with van der Waals surface area (Å²) < 4.78 is 5.39. The first-order chi connectivity index (χ1) is 6.20. The van der Waals surface area contributed by atoms with Crippen LogP contribution in [0.3, 0.4) is 0 Å². The molecule has 0 aliphatic rings. The summed E-state index contributed by atoms with van der Waals surface area (Å²) in [7, 11) is 0. The van der Waals surface area contributed by atoms with Crippen molar-refractivity contribution in [1.29, 1.82) is 0 Å². The topological polar surface area (TPSA) is 41.5 Å². The predicted octanol–water partition coefficient (Wildman–Crippen LogP) is 1.16. The van der Waals surface area contributed by atoms with E-state index in [1.165, 1.54) is 0 Å². The normalized spacial score (nSPS) is 15.7. The molecule has 0 spiro atoms. The summed E-state index contributed by atoms with van der Waals surface area (Å²) in [6, 6.07) is 0. The fraction of sp³-hybridized carbons (Fsp3) is 1.00. The molecule has 2 unspecified atom stereocenters. The number of nitrogens with one attached hydrogen (secondary N) is 1. The number of hydrogen-bond acceptors (Lipinski definition) is 3. The van der Waals surface area contributed by atoms with E-state index in [9.17, 15) is 5.11 Å². The molecule has 0 aliphatic carbocycles. The Morgan fingerprint density at radius 1 is 1.38 bits per heavy atom. The Kier molecular flexibility index (Phi) is 8.40. The van der Waals surface area contributed by atoms with Crippen molar-refractivity contribution in [3.8, 4) is 0 Å². The summed E-state index contributed by atoms with van der Waals surface area (Å²) >= 11 is 0. The van der Waals surface area contributed by atoms with E-state index in [4.69, 9.17) is 4.74 Å². The zero-order chi connectivity index (χ0) is 10.1. The van der Waals surface area contributed by atoms with E-state index in [1.54, 1.807) is 0 Å². The van der Waals surface area contributed by atoms with Crippen LogP contribution in [-0.2, 0) is 4.74 Å². The zero-order valence-electron chi connectivity index (χ0n) is 9.05. The minimum Gasteiger partial charge on any atom is -0.389 e. The number of rotatable bonds is 8. The number of aliphatic hydroxyl groups excluding tert-OH is 1. The highest BCUT2D eigenvalue weighted by Crippen LogP contribution is 1.96. The van der Waals surface area contributed by atoms with E-state index in [-0.39, 0.29) is 12.2 Å². The van der Waals surface area contributed by atoms with Crippen molar-refractivity contribution in [3.05, 3.63) is 0 Å². The molecule has 0 saturated carbocycles. The van der Waals surface area contributed by atoms with Crippen molar-refractivity contribution < 1.29 is 9.84 Å². The Morgan fingerprint density at radius 2 is 2.08 bits per heavy atom. The molecule has 0 aromatic heterocycles. The molecule has 3 nitrogen and oxygen atoms in total. The number of ether oxygens (including phenoxy) is 1. The van der Waals surface area contributed by atoms with Gasteiger partial charge in [-0.05, 0) is 26.3 Å². The van der Waals surface area contributed by atoms with E-state index < -0.39 is 0 Å². The van der Waals surface area contributed by atoms with Gasteiger partial charge in [-0.1, -0.05) is 13.8 Å². The second kappa shape index (κ2) is 8.48. The van der Waals surface area contributed by atoms with Gasteiger partial charge in [0.05, 0.1) is 18.8 Å². The molecular weight excluding hydrogens is 166 g/mol. The van der Waals surface area contributed by atoms with Gasteiger partial charge in [-0.3, -0.25) is 0 Å². The van der Waals surface area contributed by atoms with Crippen molar-refractivity contribution in [1.82, 2.24) is 5.32 Å². The van der Waals surface area contributed by atoms with Crippen LogP contribution in [0.2, 0.25) is 0 Å². The van der Waals surface area contributed by atoms with Gasteiger partial charge in [-0.25, -0.2) is 0 Å². The monoisotopic (exact) mass is 189 g/mol. The predicted molar refractivity (Wildman–Crippen MR) is 54.9 cm³/mol. The fourth-order valence-corrected chi connectivity index (χ4v) is 0.898. The fourth-order valence-electron chi connectivity index (χ4n) is 0.898. The van der Waals surface area contributed by atoms with Crippen molar-refractivity contribution in [2.75, 3.05) is 19.7 Å². The molecule has 0 heterocycles. The van der Waals surface area contributed by atoms with E-state index in [2.05, 4.69) is 19.2 Å². The van der Waals surface area contributed by atoms with Crippen LogP contribution in [-0.4, -0.2) is 37.0 Å². The molecule has 80 valence electrons. The van der Waals surface area contributed by atoms with Gasteiger partial charge in [-0.2, -0.15) is 0 Å². The first kappa shape index (κ1) is 12.9. The van der Waals surface area contributed by atoms with Gasteiger partial charge < -0.3 is 15.2 Å². The lowest BCUT2D eigenvalue weighted by Gasteiger charge is -2.15. The van der Waals surface area contributed by atoms with Crippen LogP contribution in [0.1, 0.15) is 33.6 Å². The molecule has 0 rings (SSSR count). The van der Waals surface area contributed by atoms with E-state index in [0.29, 0.717) is 13.2 Å². The van der Waals surface area contributed by atoms with E-state index >= 15 is 0 Å². The summed E-state index contributed by atoms with van der Waals surface area (Å²) in [6.07, 6.45) is 1.97. The third kappa shape index (κ3) is 8.22.